The van der Waals surface area contributed by atoms with Crippen molar-refractivity contribution in [2.45, 2.75) is 5.92 Å². The first-order valence-electron chi connectivity index (χ1n) is 4.99. The molecule has 2 N–H and O–H groups in total. The van der Waals surface area contributed by atoms with Gasteiger partial charge < -0.3 is 9.75 Å². The van der Waals surface area contributed by atoms with Gasteiger partial charge in [0.05, 0.1) is 12.8 Å². The molecule has 0 bridgehead atoms. The van der Waals surface area contributed by atoms with Crippen LogP contribution in [-0.4, -0.2) is 11.6 Å². The number of ether oxygens (including phenoxy) is 1. The molecule has 76 valence electrons. The molecular formula is C12H12N2O. The third-order valence-electron chi connectivity index (χ3n) is 2.83. The van der Waals surface area contributed by atoms with Crippen molar-refractivity contribution in [3.63, 3.8) is 0 Å². The number of nitrogens with two attached hydrogens (primary N) is 1. The van der Waals surface area contributed by atoms with Gasteiger partial charge in [0.1, 0.15) is 5.75 Å². The summed E-state index contributed by atoms with van der Waals surface area (Å²) in [6.07, 6.45) is 5.84. The number of para-hydroxylation sites is 1. The Morgan fingerprint density at radius 1 is 1.33 bits per heavy atom. The van der Waals surface area contributed by atoms with Crippen molar-refractivity contribution >= 4 is 0 Å². The first-order chi connectivity index (χ1) is 7.34. The van der Waals surface area contributed by atoms with Gasteiger partial charge in [-0.15, -0.1) is 0 Å². The lowest BCUT2D eigenvalue weighted by Gasteiger charge is -2.30. The molecule has 2 aliphatic heterocycles. The molecule has 0 amide bonds. The molecule has 3 heteroatoms. The molecule has 0 saturated heterocycles. The minimum Gasteiger partial charge on any atom is -0.465 e. The molecule has 0 aliphatic carbocycles. The van der Waals surface area contributed by atoms with Crippen LogP contribution in [0.4, 0.5) is 0 Å². The Kier molecular flexibility index (Phi) is 1.79. The number of fused-ring (bicyclic) bond motifs is 3. The SMILES string of the molecule is NN1C=CC2C(=COc3ccccc32)C1. The summed E-state index contributed by atoms with van der Waals surface area (Å²) in [5.74, 6) is 6.99. The Morgan fingerprint density at radius 3 is 3.13 bits per heavy atom. The number of nitrogens with zero attached hydrogens (tertiary/aromatic N) is 1. The van der Waals surface area contributed by atoms with Gasteiger partial charge in [-0.25, -0.2) is 5.84 Å². The van der Waals surface area contributed by atoms with Crippen molar-refractivity contribution in [3.05, 3.63) is 53.9 Å². The minimum atomic E-state index is 0.328. The van der Waals surface area contributed by atoms with E-state index in [9.17, 15) is 0 Å². The Hall–Kier alpha value is -1.74. The van der Waals surface area contributed by atoms with Crippen molar-refractivity contribution < 1.29 is 4.74 Å². The Morgan fingerprint density at radius 2 is 2.20 bits per heavy atom. The molecule has 0 spiro atoms. The molecule has 0 radical (unpaired) electrons. The van der Waals surface area contributed by atoms with E-state index in [1.165, 1.54) is 11.1 Å². The van der Waals surface area contributed by atoms with E-state index in [1.54, 1.807) is 5.01 Å². The second kappa shape index (κ2) is 3.14. The van der Waals surface area contributed by atoms with Gasteiger partial charge in [0.2, 0.25) is 0 Å². The third-order valence-corrected chi connectivity index (χ3v) is 2.83. The summed E-state index contributed by atoms with van der Waals surface area (Å²) in [5, 5.41) is 1.67. The van der Waals surface area contributed by atoms with E-state index >= 15 is 0 Å². The highest BCUT2D eigenvalue weighted by Crippen LogP contribution is 2.38. The maximum atomic E-state index is 5.71. The number of hydrogen-bond donors (Lipinski definition) is 1. The molecule has 1 aromatic carbocycles. The number of rotatable bonds is 0. The lowest BCUT2D eigenvalue weighted by Crippen LogP contribution is -2.33. The zero-order chi connectivity index (χ0) is 10.3. The molecule has 2 heterocycles. The monoisotopic (exact) mass is 200 g/mol. The first kappa shape index (κ1) is 8.56. The van der Waals surface area contributed by atoms with Gasteiger partial charge in [-0.2, -0.15) is 0 Å². The molecular weight excluding hydrogens is 188 g/mol. The molecule has 3 rings (SSSR count). The average molecular weight is 200 g/mol. The smallest absolute Gasteiger partial charge is 0.130 e. The normalized spacial score (nSPS) is 22.6. The molecule has 0 saturated carbocycles. The third kappa shape index (κ3) is 1.32. The van der Waals surface area contributed by atoms with Crippen LogP contribution < -0.4 is 10.6 Å². The highest BCUT2D eigenvalue weighted by molar-refractivity contribution is 5.47. The molecule has 1 unspecified atom stereocenters. The Bertz CT molecular complexity index is 451. The van der Waals surface area contributed by atoms with Crippen LogP contribution >= 0.6 is 0 Å². The van der Waals surface area contributed by atoms with Gasteiger partial charge in [-0.1, -0.05) is 24.3 Å². The van der Waals surface area contributed by atoms with Crippen LogP contribution in [0.25, 0.3) is 0 Å². The predicted molar refractivity (Wildman–Crippen MR) is 57.9 cm³/mol. The van der Waals surface area contributed by atoms with E-state index in [2.05, 4.69) is 12.1 Å². The topological polar surface area (TPSA) is 38.5 Å². The first-order valence-corrected chi connectivity index (χ1v) is 4.99. The molecule has 15 heavy (non-hydrogen) atoms. The van der Waals surface area contributed by atoms with Crippen LogP contribution in [0.5, 0.6) is 5.75 Å². The van der Waals surface area contributed by atoms with Crippen LogP contribution in [0, 0.1) is 0 Å². The lowest BCUT2D eigenvalue weighted by atomic mass is 9.88. The summed E-state index contributed by atoms with van der Waals surface area (Å²) in [6.45, 7) is 0.732. The quantitative estimate of drug-likeness (QED) is 0.648. The average Bonchev–Trinajstić information content (AvgIpc) is 2.28. The summed E-state index contributed by atoms with van der Waals surface area (Å²) in [6, 6.07) is 8.11. The van der Waals surface area contributed by atoms with Crippen molar-refractivity contribution in [3.8, 4) is 5.75 Å². The number of hydrogen-bond acceptors (Lipinski definition) is 3. The molecule has 0 aromatic heterocycles. The number of hydrazine groups is 1. The van der Waals surface area contributed by atoms with Gasteiger partial charge >= 0.3 is 0 Å². The van der Waals surface area contributed by atoms with E-state index in [4.69, 9.17) is 10.6 Å². The fourth-order valence-corrected chi connectivity index (χ4v) is 2.08. The number of benzene rings is 1. The molecule has 1 atom stereocenters. The highest BCUT2D eigenvalue weighted by Gasteiger charge is 2.25. The molecule has 3 nitrogen and oxygen atoms in total. The second-order valence-corrected chi connectivity index (χ2v) is 3.84. The minimum absolute atomic E-state index is 0.328. The standard InChI is InChI=1S/C12H12N2O/c13-14-6-5-10-9(7-14)8-15-12-4-2-1-3-11(10)12/h1-6,8,10H,7,13H2. The zero-order valence-electron chi connectivity index (χ0n) is 8.26. The van der Waals surface area contributed by atoms with Crippen LogP contribution in [0.1, 0.15) is 11.5 Å². The van der Waals surface area contributed by atoms with Crippen LogP contribution in [0.15, 0.2) is 48.4 Å². The van der Waals surface area contributed by atoms with E-state index in [1.807, 2.05) is 30.7 Å². The van der Waals surface area contributed by atoms with Crippen molar-refractivity contribution in [1.82, 2.24) is 5.01 Å². The van der Waals surface area contributed by atoms with Gasteiger partial charge in [0.15, 0.2) is 0 Å². The van der Waals surface area contributed by atoms with Gasteiger partial charge in [-0.05, 0) is 11.6 Å². The van der Waals surface area contributed by atoms with E-state index in [0.717, 1.165) is 12.3 Å². The zero-order valence-corrected chi connectivity index (χ0v) is 8.26. The largest absolute Gasteiger partial charge is 0.465 e. The van der Waals surface area contributed by atoms with Crippen molar-refractivity contribution in [2.75, 3.05) is 6.54 Å². The number of allylic oxidation sites excluding steroid dienone is 1. The van der Waals surface area contributed by atoms with Gasteiger partial charge in [-0.3, -0.25) is 0 Å². The summed E-state index contributed by atoms with van der Waals surface area (Å²) < 4.78 is 5.56. The van der Waals surface area contributed by atoms with E-state index in [-0.39, 0.29) is 0 Å². The summed E-state index contributed by atoms with van der Waals surface area (Å²) in [4.78, 5) is 0. The lowest BCUT2D eigenvalue weighted by molar-refractivity contribution is 0.376. The van der Waals surface area contributed by atoms with E-state index in [0.29, 0.717) is 5.92 Å². The van der Waals surface area contributed by atoms with Gasteiger partial charge in [0.25, 0.3) is 0 Å². The fraction of sp³-hybridized carbons (Fsp3) is 0.167. The van der Waals surface area contributed by atoms with Crippen LogP contribution in [-0.2, 0) is 0 Å². The summed E-state index contributed by atoms with van der Waals surface area (Å²) >= 11 is 0. The van der Waals surface area contributed by atoms with Gasteiger partial charge in [0, 0.05) is 17.7 Å². The molecule has 0 fully saturated rings. The summed E-state index contributed by atoms with van der Waals surface area (Å²) in [7, 11) is 0. The summed E-state index contributed by atoms with van der Waals surface area (Å²) in [5.41, 5.74) is 2.43. The maximum absolute atomic E-state index is 5.71. The van der Waals surface area contributed by atoms with E-state index < -0.39 is 0 Å². The maximum Gasteiger partial charge on any atom is 0.130 e. The molecule has 1 aromatic rings. The fourth-order valence-electron chi connectivity index (χ4n) is 2.08. The second-order valence-electron chi connectivity index (χ2n) is 3.84. The van der Waals surface area contributed by atoms with Crippen LogP contribution in [0.3, 0.4) is 0 Å². The Balaban J connectivity index is 2.08. The van der Waals surface area contributed by atoms with Crippen molar-refractivity contribution in [1.29, 1.82) is 0 Å². The predicted octanol–water partition coefficient (Wildman–Crippen LogP) is 1.75. The highest BCUT2D eigenvalue weighted by atomic mass is 16.5. The molecule has 2 aliphatic rings. The van der Waals surface area contributed by atoms with Crippen molar-refractivity contribution in [2.24, 2.45) is 5.84 Å². The Labute approximate surface area is 88.4 Å². The van der Waals surface area contributed by atoms with Crippen LogP contribution in [0.2, 0.25) is 0 Å².